The van der Waals surface area contributed by atoms with Gasteiger partial charge < -0.3 is 4.74 Å². The first-order valence-electron chi connectivity index (χ1n) is 10.8. The largest absolute Gasteiger partial charge is 0.488 e. The number of thioether (sulfide) groups is 1. The number of hydrogen-bond donors (Lipinski definition) is 1. The lowest BCUT2D eigenvalue weighted by atomic mass is 10.0. The van der Waals surface area contributed by atoms with Gasteiger partial charge in [-0.1, -0.05) is 77.1 Å². The maximum absolute atomic E-state index is 13.3. The second-order valence-electron chi connectivity index (χ2n) is 7.77. The van der Waals surface area contributed by atoms with Crippen LogP contribution in [-0.2, 0) is 17.8 Å². The van der Waals surface area contributed by atoms with E-state index in [1.807, 2.05) is 73.7 Å². The lowest BCUT2D eigenvalue weighted by molar-refractivity contribution is -0.114. The van der Waals surface area contributed by atoms with Crippen molar-refractivity contribution in [1.82, 2.24) is 10.2 Å². The molecule has 0 aliphatic carbocycles. The van der Waals surface area contributed by atoms with Crippen LogP contribution in [0.4, 0.5) is 0 Å². The number of ether oxygens (including phenoxy) is 1. The second-order valence-corrected chi connectivity index (χ2v) is 10.9. The van der Waals surface area contributed by atoms with E-state index in [-0.39, 0.29) is 10.8 Å². The summed E-state index contributed by atoms with van der Waals surface area (Å²) < 4.78 is 7.23. The third kappa shape index (κ3) is 4.58. The molecule has 8 heteroatoms. The Morgan fingerprint density at radius 1 is 1.09 bits per heavy atom. The van der Waals surface area contributed by atoms with Crippen molar-refractivity contribution in [1.29, 1.82) is 5.41 Å². The number of ketones is 1. The van der Waals surface area contributed by atoms with E-state index in [1.165, 1.54) is 23.1 Å². The minimum Gasteiger partial charge on any atom is -0.488 e. The van der Waals surface area contributed by atoms with Crippen LogP contribution >= 0.6 is 39.0 Å². The van der Waals surface area contributed by atoms with Crippen molar-refractivity contribution in [3.63, 3.8) is 0 Å². The molecule has 0 radical (unpaired) electrons. The molecule has 3 aromatic carbocycles. The van der Waals surface area contributed by atoms with Gasteiger partial charge in [0.2, 0.25) is 0 Å². The van der Waals surface area contributed by atoms with Crippen LogP contribution in [0, 0.1) is 5.41 Å². The Kier molecular flexibility index (Phi) is 6.63. The van der Waals surface area contributed by atoms with Crippen molar-refractivity contribution in [2.75, 3.05) is 0 Å². The fraction of sp³-hybridized carbons (Fsp3) is 0.154. The molecule has 1 fully saturated rings. The van der Waals surface area contributed by atoms with Gasteiger partial charge in [0.05, 0.1) is 9.95 Å². The molecule has 1 saturated heterocycles. The van der Waals surface area contributed by atoms with E-state index in [4.69, 9.17) is 10.1 Å². The van der Waals surface area contributed by atoms with Crippen LogP contribution in [0.3, 0.4) is 0 Å². The maximum atomic E-state index is 13.3. The van der Waals surface area contributed by atoms with Crippen LogP contribution < -0.4 is 4.74 Å². The van der Waals surface area contributed by atoms with Crippen molar-refractivity contribution in [3.05, 3.63) is 91.2 Å². The molecule has 1 aliphatic rings. The number of allylic oxidation sites excluding steroid dienone is 1. The Bertz CT molecular complexity index is 1430. The van der Waals surface area contributed by atoms with Gasteiger partial charge in [0.1, 0.15) is 28.3 Å². The number of halogens is 1. The SMILES string of the molecule is CCc1nnc([C@@H]2C(=N)S/C(=C\c3c(OCc4ccc(Br)cc4)ccc4ccccc34)C2=O)s1. The van der Waals surface area contributed by atoms with Gasteiger partial charge in [0, 0.05) is 10.0 Å². The summed E-state index contributed by atoms with van der Waals surface area (Å²) in [4.78, 5) is 13.9. The Morgan fingerprint density at radius 3 is 2.65 bits per heavy atom. The van der Waals surface area contributed by atoms with Gasteiger partial charge in [-0.2, -0.15) is 0 Å². The molecular weight excluding hydrogens is 530 g/mol. The molecule has 1 atom stereocenters. The van der Waals surface area contributed by atoms with Gasteiger partial charge in [-0.15, -0.1) is 21.5 Å². The predicted octanol–water partition coefficient (Wildman–Crippen LogP) is 7.01. The number of nitrogens with zero attached hydrogens (tertiary/aromatic N) is 2. The summed E-state index contributed by atoms with van der Waals surface area (Å²) in [6.45, 7) is 2.41. The molecular formula is C26H20BrN3O2S2. The minimum absolute atomic E-state index is 0.111. The number of aromatic nitrogens is 2. The standard InChI is InChI=1S/C26H20BrN3O2S2/c1-2-22-29-30-26(34-22)23-24(31)21(33-25(23)28)13-19-18-6-4-3-5-16(18)9-12-20(19)32-14-15-7-10-17(27)11-8-15/h3-13,23,28H,2,14H2,1H3/b21-13-,28-25?/t23-/m0/s1. The summed E-state index contributed by atoms with van der Waals surface area (Å²) >= 11 is 6.06. The molecule has 0 saturated carbocycles. The third-order valence-electron chi connectivity index (χ3n) is 5.53. The highest BCUT2D eigenvalue weighted by Crippen LogP contribution is 2.43. The molecule has 34 heavy (non-hydrogen) atoms. The Balaban J connectivity index is 1.51. The van der Waals surface area contributed by atoms with Crippen molar-refractivity contribution < 1.29 is 9.53 Å². The number of fused-ring (bicyclic) bond motifs is 1. The zero-order valence-electron chi connectivity index (χ0n) is 18.2. The summed E-state index contributed by atoms with van der Waals surface area (Å²) in [6, 6.07) is 20.0. The number of nitrogens with one attached hydrogen (secondary N) is 1. The maximum Gasteiger partial charge on any atom is 0.186 e. The summed E-state index contributed by atoms with van der Waals surface area (Å²) in [5, 5.41) is 20.6. The second kappa shape index (κ2) is 9.82. The molecule has 0 spiro atoms. The number of rotatable bonds is 6. The number of carbonyl (C=O) groups excluding carboxylic acids is 1. The first kappa shape index (κ1) is 23.0. The number of Topliss-reactive ketones (excluding diaryl/α,β-unsaturated/α-hetero) is 1. The molecule has 1 N–H and O–H groups in total. The molecule has 0 amide bonds. The Hall–Kier alpha value is -2.81. The average Bonchev–Trinajstić information content (AvgIpc) is 3.43. The smallest absolute Gasteiger partial charge is 0.186 e. The zero-order valence-corrected chi connectivity index (χ0v) is 21.5. The molecule has 2 heterocycles. The first-order valence-corrected chi connectivity index (χ1v) is 13.2. The van der Waals surface area contributed by atoms with Crippen LogP contribution in [0.25, 0.3) is 16.8 Å². The summed E-state index contributed by atoms with van der Waals surface area (Å²) in [6.07, 6.45) is 2.62. The average molecular weight is 551 g/mol. The highest BCUT2D eigenvalue weighted by molar-refractivity contribution is 9.10. The highest BCUT2D eigenvalue weighted by atomic mass is 79.9. The number of carbonyl (C=O) groups is 1. The van der Waals surface area contributed by atoms with E-state index in [0.717, 1.165) is 37.8 Å². The van der Waals surface area contributed by atoms with Gasteiger partial charge in [0.25, 0.3) is 0 Å². The minimum atomic E-state index is -0.670. The molecule has 0 bridgehead atoms. The van der Waals surface area contributed by atoms with Crippen molar-refractivity contribution in [3.8, 4) is 5.75 Å². The Morgan fingerprint density at radius 2 is 1.88 bits per heavy atom. The molecule has 5 rings (SSSR count). The summed E-state index contributed by atoms with van der Waals surface area (Å²) in [7, 11) is 0. The van der Waals surface area contributed by atoms with Crippen LogP contribution in [-0.4, -0.2) is 21.0 Å². The van der Waals surface area contributed by atoms with Crippen LogP contribution in [0.1, 0.15) is 34.0 Å². The van der Waals surface area contributed by atoms with E-state index in [0.29, 0.717) is 22.3 Å². The zero-order chi connectivity index (χ0) is 23.7. The normalized spacial score (nSPS) is 17.1. The number of benzene rings is 3. The van der Waals surface area contributed by atoms with Crippen LogP contribution in [0.5, 0.6) is 5.75 Å². The molecule has 170 valence electrons. The van der Waals surface area contributed by atoms with Gasteiger partial charge in [-0.25, -0.2) is 0 Å². The predicted molar refractivity (Wildman–Crippen MR) is 143 cm³/mol. The van der Waals surface area contributed by atoms with Crippen molar-refractivity contribution in [2.45, 2.75) is 25.9 Å². The topological polar surface area (TPSA) is 75.9 Å². The Labute approximate surface area is 213 Å². The van der Waals surface area contributed by atoms with Crippen molar-refractivity contribution >= 4 is 66.7 Å². The van der Waals surface area contributed by atoms with E-state index < -0.39 is 5.92 Å². The third-order valence-corrected chi connectivity index (χ3v) is 8.19. The van der Waals surface area contributed by atoms with Gasteiger partial charge in [-0.05, 0) is 47.0 Å². The van der Waals surface area contributed by atoms with E-state index >= 15 is 0 Å². The molecule has 4 aromatic rings. The molecule has 0 unspecified atom stereocenters. The van der Waals surface area contributed by atoms with Gasteiger partial charge in [-0.3, -0.25) is 10.2 Å². The molecule has 1 aliphatic heterocycles. The van der Waals surface area contributed by atoms with E-state index in [9.17, 15) is 4.79 Å². The lowest BCUT2D eigenvalue weighted by Gasteiger charge is -2.13. The van der Waals surface area contributed by atoms with Crippen LogP contribution in [0.15, 0.2) is 70.0 Å². The van der Waals surface area contributed by atoms with Crippen molar-refractivity contribution in [2.24, 2.45) is 0 Å². The van der Waals surface area contributed by atoms with E-state index in [2.05, 4.69) is 26.1 Å². The van der Waals surface area contributed by atoms with Crippen LogP contribution in [0.2, 0.25) is 0 Å². The number of aryl methyl sites for hydroxylation is 1. The quantitative estimate of drug-likeness (QED) is 0.261. The first-order chi connectivity index (χ1) is 16.5. The molecule has 1 aromatic heterocycles. The fourth-order valence-electron chi connectivity index (χ4n) is 3.76. The molecule has 5 nitrogen and oxygen atoms in total. The highest BCUT2D eigenvalue weighted by Gasteiger charge is 2.39. The monoisotopic (exact) mass is 549 g/mol. The van der Waals surface area contributed by atoms with E-state index in [1.54, 1.807) is 0 Å². The summed E-state index contributed by atoms with van der Waals surface area (Å²) in [5.74, 6) is -0.0848. The fourth-order valence-corrected chi connectivity index (χ4v) is 5.96. The van der Waals surface area contributed by atoms with Gasteiger partial charge >= 0.3 is 0 Å². The summed E-state index contributed by atoms with van der Waals surface area (Å²) in [5.41, 5.74) is 1.89. The number of hydrogen-bond acceptors (Lipinski definition) is 7. The lowest BCUT2D eigenvalue weighted by Crippen LogP contribution is -2.11. The van der Waals surface area contributed by atoms with Gasteiger partial charge in [0.15, 0.2) is 5.78 Å².